The maximum Gasteiger partial charge on any atom is 0.134 e. The maximum atomic E-state index is 14.0. The van der Waals surface area contributed by atoms with E-state index in [0.29, 0.717) is 23.5 Å². The molecule has 0 aliphatic heterocycles. The molecule has 0 aliphatic rings. The van der Waals surface area contributed by atoms with Crippen LogP contribution in [0.4, 0.5) is 4.39 Å². The van der Waals surface area contributed by atoms with Gasteiger partial charge in [-0.1, -0.05) is 18.2 Å². The molecule has 3 nitrogen and oxygen atoms in total. The normalized spacial score (nSPS) is 10.3. The largest absolute Gasteiger partial charge is 0.494 e. The molecular formula is C16H18FNO2. The molecule has 2 N–H and O–H groups in total. The molecule has 0 saturated heterocycles. The molecule has 0 heterocycles. The maximum absolute atomic E-state index is 14.0. The van der Waals surface area contributed by atoms with Gasteiger partial charge >= 0.3 is 0 Å². The third-order valence-electron chi connectivity index (χ3n) is 2.91. The molecule has 0 saturated carbocycles. The SMILES string of the molecule is CCOc1ccc(OCc2cccc(CN)c2F)cc1. The highest BCUT2D eigenvalue weighted by Crippen LogP contribution is 2.20. The number of nitrogens with two attached hydrogens (primary N) is 1. The first kappa shape index (κ1) is 14.3. The first-order valence-corrected chi connectivity index (χ1v) is 6.56. The van der Waals surface area contributed by atoms with Gasteiger partial charge in [0, 0.05) is 17.7 Å². The van der Waals surface area contributed by atoms with Gasteiger partial charge in [0.15, 0.2) is 0 Å². The van der Waals surface area contributed by atoms with Gasteiger partial charge in [0.2, 0.25) is 0 Å². The summed E-state index contributed by atoms with van der Waals surface area (Å²) in [5.41, 5.74) is 6.48. The lowest BCUT2D eigenvalue weighted by molar-refractivity contribution is 0.297. The van der Waals surface area contributed by atoms with Crippen LogP contribution in [0, 0.1) is 5.82 Å². The second-order valence-corrected chi connectivity index (χ2v) is 4.29. The van der Waals surface area contributed by atoms with Crippen LogP contribution < -0.4 is 15.2 Å². The van der Waals surface area contributed by atoms with E-state index in [1.165, 1.54) is 0 Å². The molecule has 0 amide bonds. The zero-order valence-corrected chi connectivity index (χ0v) is 11.4. The van der Waals surface area contributed by atoms with Crippen molar-refractivity contribution in [3.05, 3.63) is 59.4 Å². The molecule has 0 unspecified atom stereocenters. The Balaban J connectivity index is 2.01. The fraction of sp³-hybridized carbons (Fsp3) is 0.250. The highest BCUT2D eigenvalue weighted by molar-refractivity contribution is 5.32. The minimum Gasteiger partial charge on any atom is -0.494 e. The summed E-state index contributed by atoms with van der Waals surface area (Å²) in [6, 6.07) is 12.4. The van der Waals surface area contributed by atoms with Crippen molar-refractivity contribution in [1.29, 1.82) is 0 Å². The van der Waals surface area contributed by atoms with Gasteiger partial charge in [-0.15, -0.1) is 0 Å². The Morgan fingerprint density at radius 3 is 2.15 bits per heavy atom. The van der Waals surface area contributed by atoms with Crippen molar-refractivity contribution >= 4 is 0 Å². The van der Waals surface area contributed by atoms with Crippen LogP contribution in [0.3, 0.4) is 0 Å². The molecule has 0 aromatic heterocycles. The first-order valence-electron chi connectivity index (χ1n) is 6.56. The highest BCUT2D eigenvalue weighted by atomic mass is 19.1. The molecule has 2 aromatic rings. The molecular weight excluding hydrogens is 257 g/mol. The van der Waals surface area contributed by atoms with Gasteiger partial charge in [-0.05, 0) is 31.2 Å². The summed E-state index contributed by atoms with van der Waals surface area (Å²) in [6.07, 6.45) is 0. The first-order chi connectivity index (χ1) is 9.74. The molecule has 0 atom stereocenters. The fourth-order valence-electron chi connectivity index (χ4n) is 1.86. The van der Waals surface area contributed by atoms with E-state index >= 15 is 0 Å². The lowest BCUT2D eigenvalue weighted by Gasteiger charge is -2.10. The standard InChI is InChI=1S/C16H18FNO2/c1-2-19-14-6-8-15(9-7-14)20-11-13-5-3-4-12(10-18)16(13)17/h3-9H,2,10-11,18H2,1H3. The van der Waals surface area contributed by atoms with Gasteiger partial charge < -0.3 is 15.2 Å². The van der Waals surface area contributed by atoms with E-state index in [-0.39, 0.29) is 19.0 Å². The van der Waals surface area contributed by atoms with Gasteiger partial charge in [0.25, 0.3) is 0 Å². The van der Waals surface area contributed by atoms with Crippen molar-refractivity contribution in [2.24, 2.45) is 5.73 Å². The van der Waals surface area contributed by atoms with Gasteiger partial charge in [0.1, 0.15) is 23.9 Å². The quantitative estimate of drug-likeness (QED) is 0.880. The van der Waals surface area contributed by atoms with E-state index in [9.17, 15) is 4.39 Å². The lowest BCUT2D eigenvalue weighted by Crippen LogP contribution is -2.05. The summed E-state index contributed by atoms with van der Waals surface area (Å²) in [7, 11) is 0. The third-order valence-corrected chi connectivity index (χ3v) is 2.91. The molecule has 0 fully saturated rings. The topological polar surface area (TPSA) is 44.5 Å². The molecule has 0 aliphatic carbocycles. The van der Waals surface area contributed by atoms with E-state index < -0.39 is 0 Å². The molecule has 0 radical (unpaired) electrons. The zero-order chi connectivity index (χ0) is 14.4. The molecule has 20 heavy (non-hydrogen) atoms. The van der Waals surface area contributed by atoms with E-state index in [4.69, 9.17) is 15.2 Å². The fourth-order valence-corrected chi connectivity index (χ4v) is 1.86. The Kier molecular flexibility index (Phi) is 4.96. The summed E-state index contributed by atoms with van der Waals surface area (Å²) in [5, 5.41) is 0. The summed E-state index contributed by atoms with van der Waals surface area (Å²) in [5.74, 6) is 1.17. The molecule has 0 bridgehead atoms. The van der Waals surface area contributed by atoms with Gasteiger partial charge in [-0.2, -0.15) is 0 Å². The summed E-state index contributed by atoms with van der Waals surface area (Å²) >= 11 is 0. The van der Waals surface area contributed by atoms with E-state index in [0.717, 1.165) is 5.75 Å². The number of ether oxygens (including phenoxy) is 2. The van der Waals surface area contributed by atoms with E-state index in [2.05, 4.69) is 0 Å². The average molecular weight is 275 g/mol. The lowest BCUT2D eigenvalue weighted by atomic mass is 10.1. The van der Waals surface area contributed by atoms with Gasteiger partial charge in [0.05, 0.1) is 6.61 Å². The Morgan fingerprint density at radius 2 is 1.55 bits per heavy atom. The van der Waals surface area contributed by atoms with Gasteiger partial charge in [-0.25, -0.2) is 4.39 Å². The number of hydrogen-bond donors (Lipinski definition) is 1. The van der Waals surface area contributed by atoms with Crippen LogP contribution in [0.1, 0.15) is 18.1 Å². The van der Waals surface area contributed by atoms with Crippen molar-refractivity contribution in [3.63, 3.8) is 0 Å². The molecule has 4 heteroatoms. The molecule has 2 rings (SSSR count). The number of rotatable bonds is 6. The van der Waals surface area contributed by atoms with Crippen molar-refractivity contribution in [3.8, 4) is 11.5 Å². The summed E-state index contributed by atoms with van der Waals surface area (Å²) in [4.78, 5) is 0. The second-order valence-electron chi connectivity index (χ2n) is 4.29. The molecule has 106 valence electrons. The van der Waals surface area contributed by atoms with Crippen molar-refractivity contribution < 1.29 is 13.9 Å². The number of halogens is 1. The zero-order valence-electron chi connectivity index (χ0n) is 11.4. The van der Waals surface area contributed by atoms with Crippen LogP contribution in [0.2, 0.25) is 0 Å². The smallest absolute Gasteiger partial charge is 0.134 e. The summed E-state index contributed by atoms with van der Waals surface area (Å²) < 4.78 is 24.9. The van der Waals surface area contributed by atoms with Crippen LogP contribution >= 0.6 is 0 Å². The third kappa shape index (κ3) is 3.48. The average Bonchev–Trinajstić information content (AvgIpc) is 2.48. The number of hydrogen-bond acceptors (Lipinski definition) is 3. The monoisotopic (exact) mass is 275 g/mol. The highest BCUT2D eigenvalue weighted by Gasteiger charge is 2.07. The Labute approximate surface area is 118 Å². The number of benzene rings is 2. The summed E-state index contributed by atoms with van der Waals surface area (Å²) in [6.45, 7) is 2.91. The minimum atomic E-state index is -0.291. The molecule has 2 aromatic carbocycles. The Morgan fingerprint density at radius 1 is 0.950 bits per heavy atom. The van der Waals surface area contributed by atoms with Crippen LogP contribution in [-0.4, -0.2) is 6.61 Å². The van der Waals surface area contributed by atoms with Crippen LogP contribution in [0.25, 0.3) is 0 Å². The van der Waals surface area contributed by atoms with E-state index in [1.807, 2.05) is 19.1 Å². The van der Waals surface area contributed by atoms with Crippen LogP contribution in [-0.2, 0) is 13.2 Å². The Bertz CT molecular complexity index is 555. The predicted molar refractivity (Wildman–Crippen MR) is 76.2 cm³/mol. The van der Waals surface area contributed by atoms with Crippen molar-refractivity contribution in [1.82, 2.24) is 0 Å². The van der Waals surface area contributed by atoms with Crippen LogP contribution in [0.5, 0.6) is 11.5 Å². The Hall–Kier alpha value is -2.07. The van der Waals surface area contributed by atoms with Crippen molar-refractivity contribution in [2.75, 3.05) is 6.61 Å². The van der Waals surface area contributed by atoms with Crippen LogP contribution in [0.15, 0.2) is 42.5 Å². The minimum absolute atomic E-state index is 0.174. The molecule has 0 spiro atoms. The van der Waals surface area contributed by atoms with Crippen molar-refractivity contribution in [2.45, 2.75) is 20.1 Å². The van der Waals surface area contributed by atoms with Gasteiger partial charge in [-0.3, -0.25) is 0 Å². The predicted octanol–water partition coefficient (Wildman–Crippen LogP) is 3.26. The van der Waals surface area contributed by atoms with E-state index in [1.54, 1.807) is 30.3 Å². The second kappa shape index (κ2) is 6.91.